The van der Waals surface area contributed by atoms with Crippen molar-refractivity contribution in [3.8, 4) is 0 Å². The van der Waals surface area contributed by atoms with Crippen molar-refractivity contribution in [2.45, 2.75) is 44.5 Å². The van der Waals surface area contributed by atoms with E-state index in [0.717, 1.165) is 13.8 Å². The molecule has 0 radical (unpaired) electrons. The summed E-state index contributed by atoms with van der Waals surface area (Å²) in [7, 11) is 0. The van der Waals surface area contributed by atoms with Gasteiger partial charge in [0.15, 0.2) is 12.2 Å². The first-order valence-electron chi connectivity index (χ1n) is 10.8. The summed E-state index contributed by atoms with van der Waals surface area (Å²) < 4.78 is 27.2. The van der Waals surface area contributed by atoms with Gasteiger partial charge in [0, 0.05) is 18.8 Å². The number of esters is 4. The molecule has 3 rings (SSSR count). The van der Waals surface area contributed by atoms with Crippen LogP contribution in [-0.2, 0) is 33.3 Å². The second-order valence-corrected chi connectivity index (χ2v) is 7.62. The lowest BCUT2D eigenvalue weighted by atomic mass is 9.96. The van der Waals surface area contributed by atoms with Gasteiger partial charge >= 0.3 is 23.9 Å². The number of ether oxygens (including phenoxy) is 5. The predicted octanol–water partition coefficient (Wildman–Crippen LogP) is 2.97. The number of carbonyl (C=O) groups is 4. The lowest BCUT2D eigenvalue weighted by Crippen LogP contribution is -2.61. The standard InChI is InChI=1S/C24H23N3O9/c1-14(28)32-13-18-20(35-22(30)16-9-5-3-6-10-16)21(36-23(31)17-11-7-4-8-12-17)19(26-27-25)24(34-18)33-15(2)29/h3-12,18-21,24H,13H2,1-2H3/t18-,19-,20+,21+,24-/m0/s1. The molecule has 5 atom stereocenters. The van der Waals surface area contributed by atoms with E-state index in [1.165, 1.54) is 24.3 Å². The van der Waals surface area contributed by atoms with Gasteiger partial charge in [0.25, 0.3) is 0 Å². The number of benzene rings is 2. The molecular weight excluding hydrogens is 474 g/mol. The summed E-state index contributed by atoms with van der Waals surface area (Å²) >= 11 is 0. The van der Waals surface area contributed by atoms with E-state index in [2.05, 4.69) is 10.0 Å². The summed E-state index contributed by atoms with van der Waals surface area (Å²) in [5.74, 6) is -3.07. The maximum atomic E-state index is 12.9. The summed E-state index contributed by atoms with van der Waals surface area (Å²) in [4.78, 5) is 51.8. The molecule has 0 amide bonds. The Balaban J connectivity index is 2.02. The van der Waals surface area contributed by atoms with E-state index < -0.39 is 61.1 Å². The Kier molecular flexibility index (Phi) is 8.98. The van der Waals surface area contributed by atoms with Crippen molar-refractivity contribution >= 4 is 23.9 Å². The molecule has 36 heavy (non-hydrogen) atoms. The first kappa shape index (κ1) is 26.2. The van der Waals surface area contributed by atoms with Gasteiger partial charge in [0.2, 0.25) is 6.29 Å². The van der Waals surface area contributed by atoms with Crippen LogP contribution in [0.3, 0.4) is 0 Å². The molecule has 0 spiro atoms. The molecule has 0 aromatic heterocycles. The Hall–Kier alpha value is -4.41. The highest BCUT2D eigenvalue weighted by atomic mass is 16.7. The third-order valence-corrected chi connectivity index (χ3v) is 5.04. The smallest absolute Gasteiger partial charge is 0.338 e. The minimum Gasteiger partial charge on any atom is -0.463 e. The molecule has 2 aromatic rings. The summed E-state index contributed by atoms with van der Waals surface area (Å²) in [5.41, 5.74) is 9.52. The molecule has 1 fully saturated rings. The predicted molar refractivity (Wildman–Crippen MR) is 121 cm³/mol. The van der Waals surface area contributed by atoms with E-state index >= 15 is 0 Å². The van der Waals surface area contributed by atoms with Gasteiger partial charge in [-0.1, -0.05) is 41.5 Å². The third-order valence-electron chi connectivity index (χ3n) is 5.04. The number of hydrogen-bond donors (Lipinski definition) is 0. The first-order chi connectivity index (χ1) is 17.3. The van der Waals surface area contributed by atoms with Crippen molar-refractivity contribution in [3.63, 3.8) is 0 Å². The Morgan fingerprint density at radius 3 is 1.83 bits per heavy atom. The minimum atomic E-state index is -1.53. The van der Waals surface area contributed by atoms with Gasteiger partial charge in [-0.25, -0.2) is 9.59 Å². The van der Waals surface area contributed by atoms with E-state index in [0.29, 0.717) is 0 Å². The fourth-order valence-electron chi connectivity index (χ4n) is 3.48. The number of nitrogens with zero attached hydrogens (tertiary/aromatic N) is 3. The Labute approximate surface area is 205 Å². The zero-order chi connectivity index (χ0) is 26.1. The molecule has 1 aliphatic heterocycles. The highest BCUT2D eigenvalue weighted by molar-refractivity contribution is 5.90. The van der Waals surface area contributed by atoms with Crippen LogP contribution in [0.25, 0.3) is 10.4 Å². The lowest BCUT2D eigenvalue weighted by molar-refractivity contribution is -0.258. The maximum absolute atomic E-state index is 12.9. The van der Waals surface area contributed by atoms with E-state index in [1.807, 2.05) is 0 Å². The van der Waals surface area contributed by atoms with Crippen LogP contribution >= 0.6 is 0 Å². The van der Waals surface area contributed by atoms with Crippen molar-refractivity contribution in [3.05, 3.63) is 82.2 Å². The lowest BCUT2D eigenvalue weighted by Gasteiger charge is -2.43. The van der Waals surface area contributed by atoms with Crippen molar-refractivity contribution < 1.29 is 42.9 Å². The van der Waals surface area contributed by atoms with E-state index in [1.54, 1.807) is 36.4 Å². The van der Waals surface area contributed by atoms with Crippen LogP contribution in [0.15, 0.2) is 65.8 Å². The molecule has 1 saturated heterocycles. The molecule has 0 aliphatic carbocycles. The SMILES string of the molecule is CC(=O)OC[C@@H]1O[C@H](OC(C)=O)[C@@H](N=[N+]=[N-])[C@@H](OC(=O)c2ccccc2)[C@@H]1OC(=O)c1ccccc1. The van der Waals surface area contributed by atoms with Gasteiger partial charge in [0.1, 0.15) is 18.8 Å². The van der Waals surface area contributed by atoms with Crippen molar-refractivity contribution in [1.82, 2.24) is 0 Å². The van der Waals surface area contributed by atoms with Crippen molar-refractivity contribution in [1.29, 1.82) is 0 Å². The number of carbonyl (C=O) groups excluding carboxylic acids is 4. The summed E-state index contributed by atoms with van der Waals surface area (Å²) in [6.07, 6.45) is -5.66. The van der Waals surface area contributed by atoms with Crippen LogP contribution in [0.4, 0.5) is 0 Å². The molecule has 0 saturated carbocycles. The zero-order valence-corrected chi connectivity index (χ0v) is 19.4. The normalized spacial score (nSPS) is 22.9. The van der Waals surface area contributed by atoms with Gasteiger partial charge < -0.3 is 23.7 Å². The molecule has 0 bridgehead atoms. The van der Waals surface area contributed by atoms with E-state index in [4.69, 9.17) is 23.7 Å². The van der Waals surface area contributed by atoms with Crippen molar-refractivity contribution in [2.75, 3.05) is 6.61 Å². The van der Waals surface area contributed by atoms with Gasteiger partial charge in [0.05, 0.1) is 11.1 Å². The number of hydrogen-bond acceptors (Lipinski definition) is 10. The Morgan fingerprint density at radius 2 is 1.36 bits per heavy atom. The number of azide groups is 1. The van der Waals surface area contributed by atoms with E-state index in [-0.39, 0.29) is 11.1 Å². The van der Waals surface area contributed by atoms with Crippen molar-refractivity contribution in [2.24, 2.45) is 5.11 Å². The topological polar surface area (TPSA) is 163 Å². The summed E-state index contributed by atoms with van der Waals surface area (Å²) in [5, 5.41) is 3.61. The minimum absolute atomic E-state index is 0.164. The monoisotopic (exact) mass is 497 g/mol. The second-order valence-electron chi connectivity index (χ2n) is 7.62. The quantitative estimate of drug-likeness (QED) is 0.175. The van der Waals surface area contributed by atoms with Gasteiger partial charge in [-0.15, -0.1) is 0 Å². The Bertz CT molecular complexity index is 1140. The van der Waals surface area contributed by atoms with Crippen LogP contribution < -0.4 is 0 Å². The molecular formula is C24H23N3O9. The van der Waals surface area contributed by atoms with E-state index in [9.17, 15) is 24.7 Å². The van der Waals surface area contributed by atoms with Crippen LogP contribution in [0.5, 0.6) is 0 Å². The molecule has 0 unspecified atom stereocenters. The average molecular weight is 497 g/mol. The fourth-order valence-corrected chi connectivity index (χ4v) is 3.48. The fraction of sp³-hybridized carbons (Fsp3) is 0.333. The first-order valence-corrected chi connectivity index (χ1v) is 10.8. The van der Waals surface area contributed by atoms with Crippen LogP contribution in [0.2, 0.25) is 0 Å². The number of rotatable bonds is 8. The van der Waals surface area contributed by atoms with Crippen LogP contribution in [0.1, 0.15) is 34.6 Å². The molecule has 2 aromatic carbocycles. The second kappa shape index (κ2) is 12.3. The molecule has 12 nitrogen and oxygen atoms in total. The molecule has 12 heteroatoms. The average Bonchev–Trinajstić information content (AvgIpc) is 2.86. The zero-order valence-electron chi connectivity index (χ0n) is 19.4. The molecule has 0 N–H and O–H groups in total. The van der Waals surface area contributed by atoms with Gasteiger partial charge in [-0.05, 0) is 29.8 Å². The summed E-state index contributed by atoms with van der Waals surface area (Å²) in [6.45, 7) is 1.82. The van der Waals surface area contributed by atoms with Crippen LogP contribution in [-0.4, -0.2) is 61.1 Å². The largest absolute Gasteiger partial charge is 0.463 e. The Morgan fingerprint density at radius 1 is 0.833 bits per heavy atom. The molecule has 1 aliphatic rings. The van der Waals surface area contributed by atoms with Gasteiger partial charge in [-0.3, -0.25) is 9.59 Å². The maximum Gasteiger partial charge on any atom is 0.338 e. The van der Waals surface area contributed by atoms with Crippen LogP contribution in [0, 0.1) is 0 Å². The highest BCUT2D eigenvalue weighted by Gasteiger charge is 2.52. The molecule has 188 valence electrons. The highest BCUT2D eigenvalue weighted by Crippen LogP contribution is 2.31. The third kappa shape index (κ3) is 6.81. The van der Waals surface area contributed by atoms with Gasteiger partial charge in [-0.2, -0.15) is 0 Å². The summed E-state index contributed by atoms with van der Waals surface area (Å²) in [6, 6.07) is 14.4. The molecule has 1 heterocycles.